The smallest absolute Gasteiger partial charge is 0.303 e. The minimum Gasteiger partial charge on any atom is -0.481 e. The van der Waals surface area contributed by atoms with Gasteiger partial charge in [-0.3, -0.25) is 9.59 Å². The number of carboxylic acid groups (broad SMARTS) is 1. The number of fused-ring (bicyclic) bond motifs is 2. The highest BCUT2D eigenvalue weighted by atomic mass is 16.4. The third-order valence-corrected chi connectivity index (χ3v) is 5.09. The van der Waals surface area contributed by atoms with Crippen LogP contribution >= 0.6 is 0 Å². The number of carbonyl (C=O) groups excluding carboxylic acids is 1. The van der Waals surface area contributed by atoms with Gasteiger partial charge in [0, 0.05) is 18.5 Å². The van der Waals surface area contributed by atoms with Crippen molar-refractivity contribution in [2.75, 3.05) is 0 Å². The molecule has 4 unspecified atom stereocenters. The summed E-state index contributed by atoms with van der Waals surface area (Å²) in [5.41, 5.74) is 6.08. The lowest BCUT2D eigenvalue weighted by Crippen LogP contribution is -2.54. The number of aliphatic carboxylic acids is 1. The highest BCUT2D eigenvalue weighted by molar-refractivity contribution is 5.83. The largest absolute Gasteiger partial charge is 0.481 e. The zero-order chi connectivity index (χ0) is 14.9. The maximum absolute atomic E-state index is 12.6. The van der Waals surface area contributed by atoms with Crippen molar-refractivity contribution in [1.29, 1.82) is 0 Å². The lowest BCUT2D eigenvalue weighted by atomic mass is 9.87. The van der Waals surface area contributed by atoms with Crippen LogP contribution in [0.1, 0.15) is 52.4 Å². The van der Waals surface area contributed by atoms with Crippen LogP contribution in [0.3, 0.4) is 0 Å². The highest BCUT2D eigenvalue weighted by Gasteiger charge is 2.45. The van der Waals surface area contributed by atoms with Gasteiger partial charge >= 0.3 is 5.97 Å². The Kier molecular flexibility index (Phi) is 4.68. The van der Waals surface area contributed by atoms with Crippen LogP contribution in [0.25, 0.3) is 0 Å². The van der Waals surface area contributed by atoms with Gasteiger partial charge in [0.05, 0.1) is 6.04 Å². The predicted octanol–water partition coefficient (Wildman–Crippen LogP) is 1.60. The minimum atomic E-state index is -0.731. The van der Waals surface area contributed by atoms with Crippen molar-refractivity contribution in [2.45, 2.75) is 70.5 Å². The molecule has 2 aliphatic heterocycles. The van der Waals surface area contributed by atoms with E-state index in [4.69, 9.17) is 10.8 Å². The minimum absolute atomic E-state index is 0.0700. The third-order valence-electron chi connectivity index (χ3n) is 5.09. The van der Waals surface area contributed by atoms with Crippen molar-refractivity contribution < 1.29 is 14.7 Å². The Labute approximate surface area is 120 Å². The number of piperidine rings is 1. The first-order valence-electron chi connectivity index (χ1n) is 7.73. The van der Waals surface area contributed by atoms with E-state index in [2.05, 4.69) is 0 Å². The molecular weight excluding hydrogens is 256 g/mol. The molecule has 0 aliphatic carbocycles. The quantitative estimate of drug-likeness (QED) is 0.802. The first-order chi connectivity index (χ1) is 9.43. The Morgan fingerprint density at radius 3 is 2.30 bits per heavy atom. The second-order valence-electron chi connectivity index (χ2n) is 6.48. The molecule has 2 aliphatic rings. The van der Waals surface area contributed by atoms with Crippen molar-refractivity contribution in [3.05, 3.63) is 0 Å². The summed E-state index contributed by atoms with van der Waals surface area (Å²) in [4.78, 5) is 25.4. The molecule has 2 heterocycles. The molecule has 1 amide bonds. The number of carboxylic acids is 1. The first kappa shape index (κ1) is 15.3. The van der Waals surface area contributed by atoms with Gasteiger partial charge in [-0.1, -0.05) is 20.3 Å². The summed E-state index contributed by atoms with van der Waals surface area (Å²) in [6, 6.07) is 0.000496. The van der Waals surface area contributed by atoms with E-state index in [1.165, 1.54) is 0 Å². The molecule has 0 aromatic rings. The Balaban J connectivity index is 2.02. The van der Waals surface area contributed by atoms with Gasteiger partial charge in [-0.15, -0.1) is 0 Å². The van der Waals surface area contributed by atoms with Crippen LogP contribution in [-0.4, -0.2) is 40.0 Å². The first-order valence-corrected chi connectivity index (χ1v) is 7.73. The van der Waals surface area contributed by atoms with Crippen molar-refractivity contribution >= 4 is 11.9 Å². The van der Waals surface area contributed by atoms with Crippen LogP contribution in [0.2, 0.25) is 0 Å². The second-order valence-corrected chi connectivity index (χ2v) is 6.48. The maximum Gasteiger partial charge on any atom is 0.303 e. The fourth-order valence-corrected chi connectivity index (χ4v) is 3.73. The monoisotopic (exact) mass is 282 g/mol. The lowest BCUT2D eigenvalue weighted by Gasteiger charge is -2.40. The predicted molar refractivity (Wildman–Crippen MR) is 76.1 cm³/mol. The number of hydrogen-bond acceptors (Lipinski definition) is 3. The highest BCUT2D eigenvalue weighted by Crippen LogP contribution is 2.40. The van der Waals surface area contributed by atoms with E-state index in [0.29, 0.717) is 0 Å². The van der Waals surface area contributed by atoms with Crippen molar-refractivity contribution in [2.24, 2.45) is 17.6 Å². The number of nitrogens with two attached hydrogens (primary N) is 1. The summed E-state index contributed by atoms with van der Waals surface area (Å²) >= 11 is 0. The number of amides is 1. The fraction of sp³-hybridized carbons (Fsp3) is 0.867. The second kappa shape index (κ2) is 6.12. The van der Waals surface area contributed by atoms with E-state index >= 15 is 0 Å². The zero-order valence-electron chi connectivity index (χ0n) is 12.4. The molecule has 0 saturated carbocycles. The molecule has 0 aromatic heterocycles. The molecule has 114 valence electrons. The van der Waals surface area contributed by atoms with Gasteiger partial charge in [-0.25, -0.2) is 0 Å². The van der Waals surface area contributed by atoms with Crippen LogP contribution in [0.4, 0.5) is 0 Å². The molecule has 20 heavy (non-hydrogen) atoms. The molecule has 2 saturated heterocycles. The standard InChI is InChI=1S/C15H26N2O3/c1-3-9(2)14(16)15(20)17-11-4-5-12(17)7-10(6-11)8-13(18)19/h9-12,14H,3-8,16H2,1-2H3,(H,18,19). The average Bonchev–Trinajstić information content (AvgIpc) is 2.67. The van der Waals surface area contributed by atoms with Crippen molar-refractivity contribution in [3.8, 4) is 0 Å². The van der Waals surface area contributed by atoms with Crippen molar-refractivity contribution in [1.82, 2.24) is 4.90 Å². The van der Waals surface area contributed by atoms with E-state index in [1.807, 2.05) is 18.7 Å². The lowest BCUT2D eigenvalue weighted by molar-refractivity contribution is -0.141. The fourth-order valence-electron chi connectivity index (χ4n) is 3.73. The zero-order valence-corrected chi connectivity index (χ0v) is 12.4. The molecular formula is C15H26N2O3. The molecule has 2 rings (SSSR count). The number of carbonyl (C=O) groups is 2. The summed E-state index contributed by atoms with van der Waals surface area (Å²) < 4.78 is 0. The maximum atomic E-state index is 12.6. The summed E-state index contributed by atoms with van der Waals surface area (Å²) in [5.74, 6) is -0.251. The van der Waals surface area contributed by atoms with Gasteiger partial charge in [-0.05, 0) is 37.5 Å². The summed E-state index contributed by atoms with van der Waals surface area (Å²) in [7, 11) is 0. The van der Waals surface area contributed by atoms with Crippen LogP contribution < -0.4 is 5.73 Å². The topological polar surface area (TPSA) is 83.6 Å². The number of hydrogen-bond donors (Lipinski definition) is 2. The molecule has 0 aromatic carbocycles. The molecule has 2 fully saturated rings. The molecule has 3 N–H and O–H groups in total. The normalized spacial score (nSPS) is 31.9. The van der Waals surface area contributed by atoms with Crippen molar-refractivity contribution in [3.63, 3.8) is 0 Å². The summed E-state index contributed by atoms with van der Waals surface area (Å²) in [5, 5.41) is 8.93. The molecule has 5 nitrogen and oxygen atoms in total. The van der Waals surface area contributed by atoms with Crippen LogP contribution in [0.15, 0.2) is 0 Å². The number of rotatable bonds is 5. The molecule has 0 radical (unpaired) electrons. The van der Waals surface area contributed by atoms with Gasteiger partial charge in [-0.2, -0.15) is 0 Å². The van der Waals surface area contributed by atoms with Gasteiger partial charge in [0.1, 0.15) is 0 Å². The van der Waals surface area contributed by atoms with E-state index in [9.17, 15) is 9.59 Å². The van der Waals surface area contributed by atoms with Gasteiger partial charge in [0.2, 0.25) is 5.91 Å². The number of nitrogens with zero attached hydrogens (tertiary/aromatic N) is 1. The Morgan fingerprint density at radius 1 is 1.30 bits per heavy atom. The van der Waals surface area contributed by atoms with E-state index in [1.54, 1.807) is 0 Å². The molecule has 4 atom stereocenters. The SMILES string of the molecule is CCC(C)C(N)C(=O)N1C2CCC1CC(CC(=O)O)C2. The van der Waals surface area contributed by atoms with E-state index in [0.717, 1.165) is 32.1 Å². The van der Waals surface area contributed by atoms with Crippen LogP contribution in [0, 0.1) is 11.8 Å². The summed E-state index contributed by atoms with van der Waals surface area (Å²) in [6.07, 6.45) is 4.77. The molecule has 5 heteroatoms. The Bertz CT molecular complexity index is 371. The average molecular weight is 282 g/mol. The molecule has 0 spiro atoms. The van der Waals surface area contributed by atoms with Gasteiger partial charge < -0.3 is 15.7 Å². The summed E-state index contributed by atoms with van der Waals surface area (Å²) in [6.45, 7) is 4.06. The Morgan fingerprint density at radius 2 is 1.85 bits per heavy atom. The third kappa shape index (κ3) is 2.97. The van der Waals surface area contributed by atoms with Crippen LogP contribution in [0.5, 0.6) is 0 Å². The van der Waals surface area contributed by atoms with Gasteiger partial charge in [0.25, 0.3) is 0 Å². The van der Waals surface area contributed by atoms with Crippen LogP contribution in [-0.2, 0) is 9.59 Å². The Hall–Kier alpha value is -1.10. The van der Waals surface area contributed by atoms with Gasteiger partial charge in [0.15, 0.2) is 0 Å². The van der Waals surface area contributed by atoms with E-state index in [-0.39, 0.29) is 36.2 Å². The molecule has 2 bridgehead atoms. The van der Waals surface area contributed by atoms with E-state index < -0.39 is 12.0 Å².